The molecule has 0 saturated heterocycles. The number of carbonyl (C=O) groups excluding carboxylic acids is 2. The van der Waals surface area contributed by atoms with Gasteiger partial charge in [-0.2, -0.15) is 5.10 Å². The third-order valence-electron chi connectivity index (χ3n) is 4.32. The third kappa shape index (κ3) is 2.89. The highest BCUT2D eigenvalue weighted by molar-refractivity contribution is 7.10. The summed E-state index contributed by atoms with van der Waals surface area (Å²) in [5.41, 5.74) is 1.19. The number of thiophene rings is 1. The van der Waals surface area contributed by atoms with Crippen molar-refractivity contribution in [3.8, 4) is 0 Å². The van der Waals surface area contributed by atoms with Gasteiger partial charge < -0.3 is 10.6 Å². The fourth-order valence-electron chi connectivity index (χ4n) is 3.13. The van der Waals surface area contributed by atoms with Gasteiger partial charge in [0, 0.05) is 29.8 Å². The van der Waals surface area contributed by atoms with Gasteiger partial charge in [-0.1, -0.05) is 29.8 Å². The molecule has 2 N–H and O–H groups in total. The van der Waals surface area contributed by atoms with E-state index >= 15 is 0 Å². The van der Waals surface area contributed by atoms with Crippen LogP contribution in [-0.4, -0.2) is 21.6 Å². The molecule has 1 aliphatic rings. The Morgan fingerprint density at radius 3 is 2.88 bits per heavy atom. The molecule has 0 saturated carbocycles. The summed E-state index contributed by atoms with van der Waals surface area (Å²) in [5, 5.41) is 12.5. The lowest BCUT2D eigenvalue weighted by atomic mass is 9.92. The second-order valence-corrected chi connectivity index (χ2v) is 7.38. The number of aryl methyl sites for hydroxylation is 1. The molecule has 0 spiro atoms. The molecule has 6 nitrogen and oxygen atoms in total. The van der Waals surface area contributed by atoms with Crippen LogP contribution in [0.4, 0.5) is 11.6 Å². The molecule has 0 fully saturated rings. The third-order valence-corrected chi connectivity index (χ3v) is 5.63. The van der Waals surface area contributed by atoms with Crippen molar-refractivity contribution < 1.29 is 9.59 Å². The van der Waals surface area contributed by atoms with Crippen LogP contribution in [0.1, 0.15) is 33.1 Å². The highest BCUT2D eigenvalue weighted by atomic mass is 35.5. The number of amides is 2. The molecule has 2 aromatic heterocycles. The van der Waals surface area contributed by atoms with Gasteiger partial charge in [0.15, 0.2) is 5.82 Å². The van der Waals surface area contributed by atoms with E-state index in [0.717, 1.165) is 10.4 Å². The molecule has 0 radical (unpaired) electrons. The SMILES string of the molecule is Cn1nc(NC(=O)c2ccccc2Cl)c2c1NC(=O)C[C@@H]2c1cccs1. The first-order valence-corrected chi connectivity index (χ1v) is 9.26. The van der Waals surface area contributed by atoms with E-state index < -0.39 is 0 Å². The molecule has 26 heavy (non-hydrogen) atoms. The number of anilines is 2. The highest BCUT2D eigenvalue weighted by Crippen LogP contribution is 2.42. The molecule has 1 aromatic carbocycles. The Morgan fingerprint density at radius 2 is 2.15 bits per heavy atom. The first-order valence-electron chi connectivity index (χ1n) is 8.00. The van der Waals surface area contributed by atoms with E-state index in [9.17, 15) is 9.59 Å². The van der Waals surface area contributed by atoms with Crippen molar-refractivity contribution in [2.45, 2.75) is 12.3 Å². The van der Waals surface area contributed by atoms with E-state index in [0.29, 0.717) is 28.6 Å². The maximum atomic E-state index is 12.7. The van der Waals surface area contributed by atoms with E-state index in [1.807, 2.05) is 17.5 Å². The summed E-state index contributed by atoms with van der Waals surface area (Å²) in [6, 6.07) is 10.8. The Labute approximate surface area is 158 Å². The van der Waals surface area contributed by atoms with Gasteiger partial charge in [0.1, 0.15) is 5.82 Å². The van der Waals surface area contributed by atoms with Gasteiger partial charge in [0.2, 0.25) is 5.91 Å². The van der Waals surface area contributed by atoms with Gasteiger partial charge in [-0.15, -0.1) is 11.3 Å². The maximum absolute atomic E-state index is 12.7. The minimum absolute atomic E-state index is 0.0668. The molecule has 132 valence electrons. The summed E-state index contributed by atoms with van der Waals surface area (Å²) >= 11 is 7.70. The number of nitrogens with one attached hydrogen (secondary N) is 2. The summed E-state index contributed by atoms with van der Waals surface area (Å²) in [7, 11) is 1.74. The number of carbonyl (C=O) groups is 2. The fourth-order valence-corrected chi connectivity index (χ4v) is 4.19. The second-order valence-electron chi connectivity index (χ2n) is 5.99. The molecule has 3 heterocycles. The highest BCUT2D eigenvalue weighted by Gasteiger charge is 2.34. The number of fused-ring (bicyclic) bond motifs is 1. The first kappa shape index (κ1) is 16.8. The van der Waals surface area contributed by atoms with Gasteiger partial charge >= 0.3 is 0 Å². The zero-order chi connectivity index (χ0) is 18.3. The first-order chi connectivity index (χ1) is 12.5. The molecule has 1 atom stereocenters. The Kier molecular flexibility index (Phi) is 4.26. The second kappa shape index (κ2) is 6.59. The zero-order valence-corrected chi connectivity index (χ0v) is 15.4. The van der Waals surface area contributed by atoms with Gasteiger partial charge in [-0.3, -0.25) is 14.3 Å². The Hall–Kier alpha value is -2.64. The predicted octanol–water partition coefficient (Wildman–Crippen LogP) is 3.86. The Morgan fingerprint density at radius 1 is 1.35 bits per heavy atom. The van der Waals surface area contributed by atoms with E-state index in [2.05, 4.69) is 15.7 Å². The average Bonchev–Trinajstić information content (AvgIpc) is 3.24. The smallest absolute Gasteiger partial charge is 0.258 e. The zero-order valence-electron chi connectivity index (χ0n) is 13.8. The molecule has 1 aliphatic heterocycles. The van der Waals surface area contributed by atoms with E-state index in [1.54, 1.807) is 47.3 Å². The summed E-state index contributed by atoms with van der Waals surface area (Å²) in [4.78, 5) is 25.8. The molecular weight excluding hydrogens is 372 g/mol. The molecule has 2 amide bonds. The number of aromatic nitrogens is 2. The maximum Gasteiger partial charge on any atom is 0.258 e. The van der Waals surface area contributed by atoms with Gasteiger partial charge in [0.05, 0.1) is 10.6 Å². The van der Waals surface area contributed by atoms with Crippen LogP contribution in [0.2, 0.25) is 5.02 Å². The summed E-state index contributed by atoms with van der Waals surface area (Å²) < 4.78 is 1.58. The van der Waals surface area contributed by atoms with E-state index in [-0.39, 0.29) is 17.7 Å². The normalized spacial score (nSPS) is 16.1. The lowest BCUT2D eigenvalue weighted by molar-refractivity contribution is -0.116. The minimum atomic E-state index is -0.335. The van der Waals surface area contributed by atoms with Gasteiger partial charge in [-0.25, -0.2) is 0 Å². The predicted molar refractivity (Wildman–Crippen MR) is 102 cm³/mol. The number of nitrogens with zero attached hydrogens (tertiary/aromatic N) is 2. The number of hydrogen-bond donors (Lipinski definition) is 2. The van der Waals surface area contributed by atoms with Crippen molar-refractivity contribution in [2.75, 3.05) is 10.6 Å². The van der Waals surface area contributed by atoms with Gasteiger partial charge in [0.25, 0.3) is 5.91 Å². The standard InChI is InChI=1S/C18H15ClN4O2S/c1-23-17-15(11(9-14(24)20-17)13-7-4-8-26-13)16(22-23)21-18(25)10-5-2-3-6-12(10)19/h2-8,11H,9H2,1H3,(H,20,24)(H,21,22,25)/t11-/m1/s1. The number of hydrogen-bond acceptors (Lipinski definition) is 4. The fraction of sp³-hybridized carbons (Fsp3) is 0.167. The quantitative estimate of drug-likeness (QED) is 0.717. The van der Waals surface area contributed by atoms with Crippen molar-refractivity contribution in [3.63, 3.8) is 0 Å². The molecule has 0 aliphatic carbocycles. The van der Waals surface area contributed by atoms with Crippen LogP contribution in [0.5, 0.6) is 0 Å². The lowest BCUT2D eigenvalue weighted by Crippen LogP contribution is -2.24. The molecule has 8 heteroatoms. The molecule has 0 unspecified atom stereocenters. The summed E-state index contributed by atoms with van der Waals surface area (Å²) in [5.74, 6) is 0.495. The van der Waals surface area contributed by atoms with Crippen LogP contribution in [0, 0.1) is 0 Å². The summed E-state index contributed by atoms with van der Waals surface area (Å²) in [6.45, 7) is 0. The molecular formula is C18H15ClN4O2S. The summed E-state index contributed by atoms with van der Waals surface area (Å²) in [6.07, 6.45) is 0.314. The van der Waals surface area contributed by atoms with Crippen LogP contribution in [-0.2, 0) is 11.8 Å². The van der Waals surface area contributed by atoms with E-state index in [4.69, 9.17) is 11.6 Å². The molecule has 0 bridgehead atoms. The van der Waals surface area contributed by atoms with Crippen LogP contribution in [0.15, 0.2) is 41.8 Å². The van der Waals surface area contributed by atoms with Crippen LogP contribution in [0.25, 0.3) is 0 Å². The van der Waals surface area contributed by atoms with Crippen LogP contribution < -0.4 is 10.6 Å². The van der Waals surface area contributed by atoms with Crippen molar-refractivity contribution >= 4 is 46.4 Å². The minimum Gasteiger partial charge on any atom is -0.311 e. The topological polar surface area (TPSA) is 76.0 Å². The molecule has 3 aromatic rings. The van der Waals surface area contributed by atoms with Crippen molar-refractivity contribution in [1.29, 1.82) is 0 Å². The average molecular weight is 387 g/mol. The monoisotopic (exact) mass is 386 g/mol. The van der Waals surface area contributed by atoms with Gasteiger partial charge in [-0.05, 0) is 23.6 Å². The van der Waals surface area contributed by atoms with Crippen LogP contribution in [0.3, 0.4) is 0 Å². The number of halogens is 1. The Bertz CT molecular complexity index is 997. The van der Waals surface area contributed by atoms with Crippen molar-refractivity contribution in [2.24, 2.45) is 7.05 Å². The van der Waals surface area contributed by atoms with E-state index in [1.165, 1.54) is 0 Å². The van der Waals surface area contributed by atoms with Crippen molar-refractivity contribution in [3.05, 3.63) is 62.8 Å². The Balaban J connectivity index is 1.75. The molecule has 4 rings (SSSR count). The largest absolute Gasteiger partial charge is 0.311 e. The van der Waals surface area contributed by atoms with Crippen LogP contribution >= 0.6 is 22.9 Å². The number of rotatable bonds is 3. The number of benzene rings is 1. The van der Waals surface area contributed by atoms with Crippen molar-refractivity contribution in [1.82, 2.24) is 9.78 Å². The lowest BCUT2D eigenvalue weighted by Gasteiger charge is -2.23.